The van der Waals surface area contributed by atoms with Gasteiger partial charge in [0.25, 0.3) is 0 Å². The largest absolute Gasteiger partial charge is 0.489 e. The normalized spacial score (nSPS) is 16.4. The first-order valence-corrected chi connectivity index (χ1v) is 9.44. The average Bonchev–Trinajstić information content (AvgIpc) is 3.17. The van der Waals surface area contributed by atoms with Gasteiger partial charge < -0.3 is 15.4 Å². The van der Waals surface area contributed by atoms with Crippen LogP contribution in [0.1, 0.15) is 36.0 Å². The standard InChI is InChI=1S/C22H28N2O2/c1-17-3-2-4-20(13-17)16-26-21-8-5-18(6-9-21)15-24-22(25)10-7-19-11-12-23-14-19/h2-6,8-9,13,19,23H,7,10-12,14-16H2,1H3,(H,24,25). The summed E-state index contributed by atoms with van der Waals surface area (Å²) in [6.45, 7) is 5.35. The molecule has 1 heterocycles. The number of nitrogens with one attached hydrogen (secondary N) is 2. The lowest BCUT2D eigenvalue weighted by Gasteiger charge is -2.10. The molecule has 0 aliphatic carbocycles. The third-order valence-corrected chi connectivity index (χ3v) is 4.84. The Morgan fingerprint density at radius 1 is 1.19 bits per heavy atom. The molecule has 138 valence electrons. The Morgan fingerprint density at radius 3 is 2.77 bits per heavy atom. The van der Waals surface area contributed by atoms with Gasteiger partial charge in [-0.3, -0.25) is 4.79 Å². The number of rotatable bonds is 8. The highest BCUT2D eigenvalue weighted by Gasteiger charge is 2.15. The zero-order valence-corrected chi connectivity index (χ0v) is 15.5. The van der Waals surface area contributed by atoms with Crippen molar-refractivity contribution in [1.82, 2.24) is 10.6 Å². The fourth-order valence-corrected chi connectivity index (χ4v) is 3.26. The molecular formula is C22H28N2O2. The van der Waals surface area contributed by atoms with Gasteiger partial charge >= 0.3 is 0 Å². The molecule has 1 fully saturated rings. The van der Waals surface area contributed by atoms with Crippen LogP contribution in [0.15, 0.2) is 48.5 Å². The SMILES string of the molecule is Cc1cccc(COc2ccc(CNC(=O)CCC3CCNC3)cc2)c1. The maximum atomic E-state index is 12.0. The molecule has 2 N–H and O–H groups in total. The first-order chi connectivity index (χ1) is 12.7. The Hall–Kier alpha value is -2.33. The number of hydrogen-bond donors (Lipinski definition) is 2. The number of benzene rings is 2. The van der Waals surface area contributed by atoms with Gasteiger partial charge in [-0.25, -0.2) is 0 Å². The summed E-state index contributed by atoms with van der Waals surface area (Å²) >= 11 is 0. The predicted molar refractivity (Wildman–Crippen MR) is 104 cm³/mol. The molecule has 2 aromatic rings. The minimum absolute atomic E-state index is 0.136. The quantitative estimate of drug-likeness (QED) is 0.763. The third-order valence-electron chi connectivity index (χ3n) is 4.84. The number of ether oxygens (including phenoxy) is 1. The van der Waals surface area contributed by atoms with E-state index in [1.54, 1.807) is 0 Å². The first kappa shape index (κ1) is 18.5. The lowest BCUT2D eigenvalue weighted by Crippen LogP contribution is -2.23. The minimum Gasteiger partial charge on any atom is -0.489 e. The summed E-state index contributed by atoms with van der Waals surface area (Å²) in [6, 6.07) is 16.3. The molecule has 1 amide bonds. The van der Waals surface area contributed by atoms with E-state index in [1.807, 2.05) is 30.3 Å². The van der Waals surface area contributed by atoms with Crippen LogP contribution in [-0.4, -0.2) is 19.0 Å². The summed E-state index contributed by atoms with van der Waals surface area (Å²) < 4.78 is 5.83. The van der Waals surface area contributed by atoms with Crippen molar-refractivity contribution >= 4 is 5.91 Å². The van der Waals surface area contributed by atoms with Gasteiger partial charge in [0.15, 0.2) is 0 Å². The van der Waals surface area contributed by atoms with Crippen LogP contribution in [0.25, 0.3) is 0 Å². The number of hydrogen-bond acceptors (Lipinski definition) is 3. The molecule has 0 saturated carbocycles. The van der Waals surface area contributed by atoms with E-state index in [0.29, 0.717) is 25.5 Å². The van der Waals surface area contributed by atoms with E-state index in [2.05, 4.69) is 35.8 Å². The van der Waals surface area contributed by atoms with Crippen molar-refractivity contribution in [3.05, 3.63) is 65.2 Å². The minimum atomic E-state index is 0.136. The fourth-order valence-electron chi connectivity index (χ4n) is 3.26. The van der Waals surface area contributed by atoms with E-state index in [1.165, 1.54) is 17.5 Å². The molecule has 0 aromatic heterocycles. The van der Waals surface area contributed by atoms with Crippen LogP contribution in [0.4, 0.5) is 0 Å². The summed E-state index contributed by atoms with van der Waals surface area (Å²) in [4.78, 5) is 12.0. The topological polar surface area (TPSA) is 50.4 Å². The van der Waals surface area contributed by atoms with Crippen molar-refractivity contribution in [2.45, 2.75) is 39.3 Å². The van der Waals surface area contributed by atoms with Gasteiger partial charge in [0, 0.05) is 13.0 Å². The zero-order chi connectivity index (χ0) is 18.2. The molecule has 26 heavy (non-hydrogen) atoms. The van der Waals surface area contributed by atoms with Gasteiger partial charge in [0.05, 0.1) is 0 Å². The Morgan fingerprint density at radius 2 is 2.04 bits per heavy atom. The van der Waals surface area contributed by atoms with Crippen LogP contribution >= 0.6 is 0 Å². The maximum absolute atomic E-state index is 12.0. The van der Waals surface area contributed by atoms with Crippen molar-refractivity contribution in [1.29, 1.82) is 0 Å². The summed E-state index contributed by atoms with van der Waals surface area (Å²) in [5.74, 6) is 1.64. The molecule has 1 aliphatic rings. The second-order valence-electron chi connectivity index (χ2n) is 7.10. The summed E-state index contributed by atoms with van der Waals surface area (Å²) in [5.41, 5.74) is 3.49. The van der Waals surface area contributed by atoms with Crippen molar-refractivity contribution < 1.29 is 9.53 Å². The molecule has 1 aliphatic heterocycles. The number of amides is 1. The molecule has 1 saturated heterocycles. The Labute approximate surface area is 156 Å². The Kier molecular flexibility index (Phi) is 6.67. The second-order valence-corrected chi connectivity index (χ2v) is 7.10. The van der Waals surface area contributed by atoms with Crippen LogP contribution in [-0.2, 0) is 17.9 Å². The molecule has 4 nitrogen and oxygen atoms in total. The number of carbonyl (C=O) groups is 1. The van der Waals surface area contributed by atoms with Gasteiger partial charge in [-0.15, -0.1) is 0 Å². The monoisotopic (exact) mass is 352 g/mol. The summed E-state index contributed by atoms with van der Waals surface area (Å²) in [6.07, 6.45) is 2.78. The van der Waals surface area contributed by atoms with Crippen LogP contribution in [0.3, 0.4) is 0 Å². The molecule has 1 atom stereocenters. The third kappa shape index (κ3) is 5.88. The molecule has 1 unspecified atom stereocenters. The molecule has 0 bridgehead atoms. The van der Waals surface area contributed by atoms with Crippen LogP contribution in [0.2, 0.25) is 0 Å². The van der Waals surface area contributed by atoms with Gasteiger partial charge in [-0.1, -0.05) is 42.0 Å². The lowest BCUT2D eigenvalue weighted by atomic mass is 10.0. The van der Waals surface area contributed by atoms with Crippen molar-refractivity contribution in [3.8, 4) is 5.75 Å². The zero-order valence-electron chi connectivity index (χ0n) is 15.5. The summed E-state index contributed by atoms with van der Waals surface area (Å²) in [7, 11) is 0. The highest BCUT2D eigenvalue weighted by atomic mass is 16.5. The maximum Gasteiger partial charge on any atom is 0.220 e. The van der Waals surface area contributed by atoms with Gasteiger partial charge in [0.2, 0.25) is 5.91 Å². The molecule has 2 aromatic carbocycles. The van der Waals surface area contributed by atoms with E-state index in [4.69, 9.17) is 4.74 Å². The highest BCUT2D eigenvalue weighted by molar-refractivity contribution is 5.75. The highest BCUT2D eigenvalue weighted by Crippen LogP contribution is 2.16. The first-order valence-electron chi connectivity index (χ1n) is 9.44. The number of aryl methyl sites for hydroxylation is 1. The van der Waals surface area contributed by atoms with E-state index in [9.17, 15) is 4.79 Å². The molecule has 4 heteroatoms. The van der Waals surface area contributed by atoms with Crippen molar-refractivity contribution in [2.24, 2.45) is 5.92 Å². The summed E-state index contributed by atoms with van der Waals surface area (Å²) in [5, 5.41) is 6.35. The average molecular weight is 352 g/mol. The smallest absolute Gasteiger partial charge is 0.220 e. The predicted octanol–water partition coefficient (Wildman–Crippen LogP) is 3.58. The molecular weight excluding hydrogens is 324 g/mol. The Balaban J connectivity index is 1.38. The van der Waals surface area contributed by atoms with Crippen LogP contribution < -0.4 is 15.4 Å². The fraction of sp³-hybridized carbons (Fsp3) is 0.409. The molecule has 0 spiro atoms. The molecule has 3 rings (SSSR count). The van der Waals surface area contributed by atoms with Gasteiger partial charge in [0.1, 0.15) is 12.4 Å². The Bertz CT molecular complexity index is 706. The van der Waals surface area contributed by atoms with E-state index >= 15 is 0 Å². The van der Waals surface area contributed by atoms with Gasteiger partial charge in [-0.05, 0) is 62.0 Å². The van der Waals surface area contributed by atoms with Gasteiger partial charge in [-0.2, -0.15) is 0 Å². The van der Waals surface area contributed by atoms with Crippen LogP contribution in [0.5, 0.6) is 5.75 Å². The lowest BCUT2D eigenvalue weighted by molar-refractivity contribution is -0.121. The van der Waals surface area contributed by atoms with Crippen LogP contribution in [0, 0.1) is 12.8 Å². The van der Waals surface area contributed by atoms with E-state index < -0.39 is 0 Å². The van der Waals surface area contributed by atoms with Crippen molar-refractivity contribution in [2.75, 3.05) is 13.1 Å². The number of carbonyl (C=O) groups excluding carboxylic acids is 1. The van der Waals surface area contributed by atoms with E-state index in [-0.39, 0.29) is 5.91 Å². The van der Waals surface area contributed by atoms with E-state index in [0.717, 1.165) is 30.8 Å². The van der Waals surface area contributed by atoms with Crippen molar-refractivity contribution in [3.63, 3.8) is 0 Å². The molecule has 0 radical (unpaired) electrons. The second kappa shape index (κ2) is 9.39.